The quantitative estimate of drug-likeness (QED) is 0.881. The Bertz CT molecular complexity index is 667. The Hall–Kier alpha value is -2.37. The van der Waals surface area contributed by atoms with Crippen molar-refractivity contribution in [2.24, 2.45) is 0 Å². The Balaban J connectivity index is 1.91. The molecule has 1 aliphatic rings. The maximum absolute atomic E-state index is 14.0. The zero-order valence-corrected chi connectivity index (χ0v) is 11.2. The van der Waals surface area contributed by atoms with Crippen LogP contribution in [0.25, 0.3) is 0 Å². The van der Waals surface area contributed by atoms with Crippen LogP contribution >= 0.6 is 0 Å². The minimum Gasteiger partial charge on any atom is -0.467 e. The van der Waals surface area contributed by atoms with Gasteiger partial charge in [0.2, 0.25) is 0 Å². The number of nitrogens with two attached hydrogens (primary N) is 1. The summed E-state index contributed by atoms with van der Waals surface area (Å²) in [7, 11) is 0. The predicted octanol–water partition coefficient (Wildman–Crippen LogP) is 2.94. The Morgan fingerprint density at radius 1 is 1.38 bits per heavy atom. The fourth-order valence-corrected chi connectivity index (χ4v) is 2.24. The van der Waals surface area contributed by atoms with Crippen LogP contribution in [-0.2, 0) is 6.54 Å². The lowest BCUT2D eigenvalue weighted by Gasteiger charge is -2.22. The summed E-state index contributed by atoms with van der Waals surface area (Å²) >= 11 is 0. The smallest absolute Gasteiger partial charge is 0.257 e. The van der Waals surface area contributed by atoms with Gasteiger partial charge in [-0.1, -0.05) is 0 Å². The number of hydrogen-bond acceptors (Lipinski definition) is 3. The van der Waals surface area contributed by atoms with Crippen molar-refractivity contribution in [2.75, 3.05) is 5.73 Å². The number of nitrogen functional groups attached to an aromatic ring is 1. The van der Waals surface area contributed by atoms with Crippen LogP contribution in [0.4, 0.5) is 14.5 Å². The number of benzene rings is 1. The lowest BCUT2D eigenvalue weighted by molar-refractivity contribution is 0.0712. The molecule has 1 aliphatic carbocycles. The van der Waals surface area contributed by atoms with Crippen molar-refractivity contribution >= 4 is 11.6 Å². The Morgan fingerprint density at radius 3 is 2.76 bits per heavy atom. The topological polar surface area (TPSA) is 59.5 Å². The van der Waals surface area contributed by atoms with Crippen LogP contribution in [0.3, 0.4) is 0 Å². The number of furan rings is 1. The first-order chi connectivity index (χ1) is 10.1. The Morgan fingerprint density at radius 2 is 2.14 bits per heavy atom. The summed E-state index contributed by atoms with van der Waals surface area (Å²) in [5, 5.41) is 0. The summed E-state index contributed by atoms with van der Waals surface area (Å²) in [5.74, 6) is -1.59. The van der Waals surface area contributed by atoms with Crippen molar-refractivity contribution in [1.29, 1.82) is 0 Å². The molecule has 2 aromatic rings. The third-order valence-corrected chi connectivity index (χ3v) is 3.45. The summed E-state index contributed by atoms with van der Waals surface area (Å²) in [5.41, 5.74) is 4.67. The number of nitrogens with zero attached hydrogens (tertiary/aromatic N) is 1. The number of amides is 1. The predicted molar refractivity (Wildman–Crippen MR) is 72.4 cm³/mol. The molecule has 0 atom stereocenters. The first-order valence-corrected chi connectivity index (χ1v) is 6.64. The molecule has 110 valence electrons. The molecule has 0 saturated heterocycles. The first-order valence-electron chi connectivity index (χ1n) is 6.64. The van der Waals surface area contributed by atoms with E-state index in [1.54, 1.807) is 12.1 Å². The lowest BCUT2D eigenvalue weighted by Crippen LogP contribution is -2.33. The highest BCUT2D eigenvalue weighted by Gasteiger charge is 2.35. The van der Waals surface area contributed by atoms with Gasteiger partial charge in [-0.05, 0) is 37.1 Å². The minimum absolute atomic E-state index is 0.0338. The molecule has 0 aliphatic heterocycles. The fourth-order valence-electron chi connectivity index (χ4n) is 2.24. The highest BCUT2D eigenvalue weighted by atomic mass is 19.1. The molecule has 1 aromatic carbocycles. The minimum atomic E-state index is -0.883. The fraction of sp³-hybridized carbons (Fsp3) is 0.267. The molecule has 1 heterocycles. The van der Waals surface area contributed by atoms with E-state index < -0.39 is 17.5 Å². The third kappa shape index (κ3) is 2.74. The summed E-state index contributed by atoms with van der Waals surface area (Å²) < 4.78 is 32.6. The van der Waals surface area contributed by atoms with Crippen LogP contribution in [0.1, 0.15) is 29.0 Å². The van der Waals surface area contributed by atoms with Gasteiger partial charge >= 0.3 is 0 Å². The van der Waals surface area contributed by atoms with Gasteiger partial charge in [-0.2, -0.15) is 0 Å². The maximum Gasteiger partial charge on any atom is 0.257 e. The van der Waals surface area contributed by atoms with E-state index in [2.05, 4.69) is 0 Å². The summed E-state index contributed by atoms with van der Waals surface area (Å²) in [6.07, 6.45) is 3.20. The van der Waals surface area contributed by atoms with Crippen LogP contribution in [0.5, 0.6) is 0 Å². The first kappa shape index (κ1) is 13.6. The van der Waals surface area contributed by atoms with Gasteiger partial charge < -0.3 is 15.1 Å². The number of carbonyl (C=O) groups excluding carboxylic acids is 1. The molecule has 21 heavy (non-hydrogen) atoms. The summed E-state index contributed by atoms with van der Waals surface area (Å²) in [6, 6.07) is 5.22. The van der Waals surface area contributed by atoms with E-state index in [1.807, 2.05) is 0 Å². The maximum atomic E-state index is 14.0. The highest BCUT2D eigenvalue weighted by molar-refractivity contribution is 5.95. The Kier molecular flexibility index (Phi) is 3.37. The second kappa shape index (κ2) is 5.20. The van der Waals surface area contributed by atoms with Crippen molar-refractivity contribution in [3.8, 4) is 0 Å². The largest absolute Gasteiger partial charge is 0.467 e. The normalized spacial score (nSPS) is 14.2. The molecule has 0 bridgehead atoms. The number of carbonyl (C=O) groups is 1. The average molecular weight is 292 g/mol. The molecular formula is C15H14F2N2O2. The zero-order chi connectivity index (χ0) is 15.0. The number of halogens is 2. The van der Waals surface area contributed by atoms with Crippen LogP contribution in [0, 0.1) is 11.6 Å². The van der Waals surface area contributed by atoms with Crippen LogP contribution < -0.4 is 5.73 Å². The van der Waals surface area contributed by atoms with Gasteiger partial charge in [0.25, 0.3) is 5.91 Å². The Labute approximate surface area is 120 Å². The van der Waals surface area contributed by atoms with E-state index >= 15 is 0 Å². The van der Waals surface area contributed by atoms with E-state index in [4.69, 9.17) is 10.2 Å². The van der Waals surface area contributed by atoms with E-state index in [-0.39, 0.29) is 23.8 Å². The SMILES string of the molecule is Nc1cc(F)cc(C(=O)N(Cc2ccco2)C2CC2)c1F. The van der Waals surface area contributed by atoms with Crippen LogP contribution in [-0.4, -0.2) is 16.8 Å². The second-order valence-corrected chi connectivity index (χ2v) is 5.10. The van der Waals surface area contributed by atoms with Crippen LogP contribution in [0.2, 0.25) is 0 Å². The number of anilines is 1. The lowest BCUT2D eigenvalue weighted by atomic mass is 10.1. The molecule has 0 spiro atoms. The number of hydrogen-bond donors (Lipinski definition) is 1. The molecular weight excluding hydrogens is 278 g/mol. The van der Waals surface area contributed by atoms with E-state index in [1.165, 1.54) is 11.2 Å². The molecule has 4 nitrogen and oxygen atoms in total. The molecule has 6 heteroatoms. The van der Waals surface area contributed by atoms with Crippen molar-refractivity contribution in [3.63, 3.8) is 0 Å². The average Bonchev–Trinajstić information content (AvgIpc) is 3.16. The molecule has 0 radical (unpaired) electrons. The third-order valence-electron chi connectivity index (χ3n) is 3.45. The van der Waals surface area contributed by atoms with Crippen molar-refractivity contribution < 1.29 is 18.0 Å². The molecule has 3 rings (SSSR count). The van der Waals surface area contributed by atoms with Crippen molar-refractivity contribution in [1.82, 2.24) is 4.90 Å². The van der Waals surface area contributed by atoms with Gasteiger partial charge in [0.05, 0.1) is 24.1 Å². The summed E-state index contributed by atoms with van der Waals surface area (Å²) in [4.78, 5) is 14.0. The van der Waals surface area contributed by atoms with E-state index in [0.717, 1.165) is 25.0 Å². The van der Waals surface area contributed by atoms with Gasteiger partial charge in [-0.15, -0.1) is 0 Å². The molecule has 1 aromatic heterocycles. The molecule has 1 saturated carbocycles. The van der Waals surface area contributed by atoms with E-state index in [9.17, 15) is 13.6 Å². The zero-order valence-electron chi connectivity index (χ0n) is 11.2. The standard InChI is InChI=1S/C15H14F2N2O2/c16-9-6-12(14(17)13(18)7-9)15(20)19(10-3-4-10)8-11-2-1-5-21-11/h1-2,5-7,10H,3-4,8,18H2. The molecule has 2 N–H and O–H groups in total. The van der Waals surface area contributed by atoms with Gasteiger partial charge in [-0.3, -0.25) is 4.79 Å². The van der Waals surface area contributed by atoms with Crippen molar-refractivity contribution in [2.45, 2.75) is 25.4 Å². The second-order valence-electron chi connectivity index (χ2n) is 5.10. The monoisotopic (exact) mass is 292 g/mol. The van der Waals surface area contributed by atoms with Gasteiger partial charge in [0.15, 0.2) is 5.82 Å². The number of rotatable bonds is 4. The van der Waals surface area contributed by atoms with Gasteiger partial charge in [0, 0.05) is 6.04 Å². The summed E-state index contributed by atoms with van der Waals surface area (Å²) in [6.45, 7) is 0.229. The van der Waals surface area contributed by atoms with Gasteiger partial charge in [0.1, 0.15) is 11.6 Å². The highest BCUT2D eigenvalue weighted by Crippen LogP contribution is 2.31. The molecule has 1 fully saturated rings. The molecule has 1 amide bonds. The van der Waals surface area contributed by atoms with Crippen molar-refractivity contribution in [3.05, 3.63) is 53.5 Å². The molecule has 0 unspecified atom stereocenters. The van der Waals surface area contributed by atoms with Crippen LogP contribution in [0.15, 0.2) is 34.9 Å². The van der Waals surface area contributed by atoms with E-state index in [0.29, 0.717) is 5.76 Å². The van der Waals surface area contributed by atoms with Gasteiger partial charge in [-0.25, -0.2) is 8.78 Å².